The summed E-state index contributed by atoms with van der Waals surface area (Å²) in [4.78, 5) is 12.3. The van der Waals surface area contributed by atoms with E-state index < -0.39 is 22.0 Å². The van der Waals surface area contributed by atoms with Gasteiger partial charge in [0.05, 0.1) is 17.0 Å². The summed E-state index contributed by atoms with van der Waals surface area (Å²) >= 11 is 5.75. The first-order valence-corrected chi connectivity index (χ1v) is 9.29. The first-order chi connectivity index (χ1) is 11.3. The van der Waals surface area contributed by atoms with Crippen LogP contribution in [0, 0.1) is 0 Å². The van der Waals surface area contributed by atoms with Crippen molar-refractivity contribution < 1.29 is 13.2 Å². The Labute approximate surface area is 147 Å². The zero-order chi connectivity index (χ0) is 17.7. The number of nitrogens with one attached hydrogen (secondary N) is 2. The highest BCUT2D eigenvalue weighted by atomic mass is 35.5. The number of rotatable bonds is 6. The second-order valence-electron chi connectivity index (χ2n) is 5.44. The largest absolute Gasteiger partial charge is 0.348 e. The summed E-state index contributed by atoms with van der Waals surface area (Å²) in [7, 11) is -3.79. The Kier molecular flexibility index (Phi) is 5.99. The third-order valence-corrected chi connectivity index (χ3v) is 5.32. The Hall–Kier alpha value is -1.89. The van der Waals surface area contributed by atoms with E-state index in [-0.39, 0.29) is 10.9 Å². The fraction of sp³-hybridized carbons (Fsp3) is 0.235. The minimum absolute atomic E-state index is 0.0580. The van der Waals surface area contributed by atoms with E-state index in [4.69, 9.17) is 11.6 Å². The van der Waals surface area contributed by atoms with Crippen LogP contribution in [-0.4, -0.2) is 20.4 Å². The van der Waals surface area contributed by atoms with E-state index in [9.17, 15) is 13.2 Å². The Morgan fingerprint density at radius 2 is 1.58 bits per heavy atom. The van der Waals surface area contributed by atoms with Crippen molar-refractivity contribution in [2.24, 2.45) is 0 Å². The van der Waals surface area contributed by atoms with Crippen molar-refractivity contribution in [2.45, 2.75) is 30.8 Å². The summed E-state index contributed by atoms with van der Waals surface area (Å²) in [6, 6.07) is 14.1. The van der Waals surface area contributed by atoms with Gasteiger partial charge in [-0.15, -0.1) is 0 Å². The molecule has 0 fully saturated rings. The first kappa shape index (κ1) is 18.4. The second-order valence-corrected chi connectivity index (χ2v) is 7.59. The molecular weight excluding hydrogens is 348 g/mol. The van der Waals surface area contributed by atoms with Crippen LogP contribution in [0.15, 0.2) is 59.5 Å². The van der Waals surface area contributed by atoms with Gasteiger partial charge >= 0.3 is 0 Å². The summed E-state index contributed by atoms with van der Waals surface area (Å²) in [5, 5.41) is 3.23. The zero-order valence-electron chi connectivity index (χ0n) is 13.4. The van der Waals surface area contributed by atoms with Gasteiger partial charge in [-0.3, -0.25) is 4.79 Å². The maximum absolute atomic E-state index is 12.3. The van der Waals surface area contributed by atoms with Crippen LogP contribution in [0.4, 0.5) is 0 Å². The van der Waals surface area contributed by atoms with Crippen LogP contribution < -0.4 is 10.0 Å². The van der Waals surface area contributed by atoms with Crippen LogP contribution in [0.5, 0.6) is 0 Å². The topological polar surface area (TPSA) is 75.3 Å². The lowest BCUT2D eigenvalue weighted by molar-refractivity contribution is -0.123. The third kappa shape index (κ3) is 4.80. The Morgan fingerprint density at radius 3 is 2.17 bits per heavy atom. The lowest BCUT2D eigenvalue weighted by Crippen LogP contribution is -2.45. The van der Waals surface area contributed by atoms with Crippen LogP contribution in [0.3, 0.4) is 0 Å². The molecule has 0 heterocycles. The average molecular weight is 367 g/mol. The Bertz CT molecular complexity index is 792. The monoisotopic (exact) mass is 366 g/mol. The molecule has 2 aromatic carbocycles. The van der Waals surface area contributed by atoms with Crippen molar-refractivity contribution in [3.8, 4) is 0 Å². The number of amides is 1. The van der Waals surface area contributed by atoms with E-state index in [1.807, 2.05) is 37.3 Å². The maximum atomic E-state index is 12.3. The van der Waals surface area contributed by atoms with Gasteiger partial charge in [0.25, 0.3) is 0 Å². The number of benzene rings is 2. The minimum atomic E-state index is -3.79. The Balaban J connectivity index is 2.02. The van der Waals surface area contributed by atoms with E-state index in [1.165, 1.54) is 31.2 Å². The quantitative estimate of drug-likeness (QED) is 0.825. The lowest BCUT2D eigenvalue weighted by Gasteiger charge is -2.19. The van der Waals surface area contributed by atoms with Crippen LogP contribution in [0.1, 0.15) is 25.5 Å². The van der Waals surface area contributed by atoms with Gasteiger partial charge in [-0.05, 0) is 43.7 Å². The highest BCUT2D eigenvalue weighted by Gasteiger charge is 2.23. The molecule has 0 saturated heterocycles. The summed E-state index contributed by atoms with van der Waals surface area (Å²) in [5.41, 5.74) is 0.943. The minimum Gasteiger partial charge on any atom is -0.348 e. The highest BCUT2D eigenvalue weighted by Crippen LogP contribution is 2.15. The van der Waals surface area contributed by atoms with Crippen molar-refractivity contribution in [1.82, 2.24) is 10.0 Å². The SMILES string of the molecule is C[C@@H](NS(=O)(=O)c1ccc(Cl)cc1)C(=O)N[C@H](C)c1ccccc1. The number of sulfonamides is 1. The van der Waals surface area contributed by atoms with Crippen LogP contribution >= 0.6 is 11.6 Å². The van der Waals surface area contributed by atoms with E-state index in [0.717, 1.165) is 5.56 Å². The van der Waals surface area contributed by atoms with E-state index in [2.05, 4.69) is 10.0 Å². The summed E-state index contributed by atoms with van der Waals surface area (Å²) in [5.74, 6) is -0.399. The van der Waals surface area contributed by atoms with Gasteiger partial charge in [-0.2, -0.15) is 4.72 Å². The van der Waals surface area contributed by atoms with Crippen molar-refractivity contribution in [3.63, 3.8) is 0 Å². The molecule has 7 heteroatoms. The van der Waals surface area contributed by atoms with Crippen molar-refractivity contribution in [2.75, 3.05) is 0 Å². The second kappa shape index (κ2) is 7.79. The fourth-order valence-corrected chi connectivity index (χ4v) is 3.46. The molecule has 24 heavy (non-hydrogen) atoms. The fourth-order valence-electron chi connectivity index (χ4n) is 2.13. The van der Waals surface area contributed by atoms with Crippen molar-refractivity contribution in [1.29, 1.82) is 0 Å². The number of hydrogen-bond acceptors (Lipinski definition) is 3. The smallest absolute Gasteiger partial charge is 0.241 e. The van der Waals surface area contributed by atoms with Gasteiger partial charge < -0.3 is 5.32 Å². The predicted molar refractivity (Wildman–Crippen MR) is 94.2 cm³/mol. The molecule has 2 N–H and O–H groups in total. The molecule has 0 bridgehead atoms. The number of carbonyl (C=O) groups is 1. The molecule has 1 amide bonds. The molecule has 0 spiro atoms. The molecule has 2 atom stereocenters. The first-order valence-electron chi connectivity index (χ1n) is 7.43. The molecule has 0 aliphatic carbocycles. The van der Waals surface area contributed by atoms with E-state index in [1.54, 1.807) is 0 Å². The average Bonchev–Trinajstić information content (AvgIpc) is 2.55. The molecule has 0 aromatic heterocycles. The molecule has 0 aliphatic rings. The van der Waals surface area contributed by atoms with Crippen LogP contribution in [0.2, 0.25) is 5.02 Å². The van der Waals surface area contributed by atoms with Gasteiger partial charge in [0.2, 0.25) is 15.9 Å². The molecular formula is C17H19ClN2O3S. The van der Waals surface area contributed by atoms with Gasteiger partial charge in [0, 0.05) is 5.02 Å². The van der Waals surface area contributed by atoms with Gasteiger partial charge in [0.1, 0.15) is 0 Å². The molecule has 0 saturated carbocycles. The van der Waals surface area contributed by atoms with E-state index in [0.29, 0.717) is 5.02 Å². The van der Waals surface area contributed by atoms with E-state index >= 15 is 0 Å². The van der Waals surface area contributed by atoms with Crippen molar-refractivity contribution >= 4 is 27.5 Å². The highest BCUT2D eigenvalue weighted by molar-refractivity contribution is 7.89. The van der Waals surface area contributed by atoms with Gasteiger partial charge in [-0.1, -0.05) is 41.9 Å². The molecule has 0 unspecified atom stereocenters. The normalized spacial score (nSPS) is 14.0. The van der Waals surface area contributed by atoms with Crippen molar-refractivity contribution in [3.05, 3.63) is 65.2 Å². The number of hydrogen-bond donors (Lipinski definition) is 2. The molecule has 0 aliphatic heterocycles. The van der Waals surface area contributed by atoms with Crippen LogP contribution in [0.25, 0.3) is 0 Å². The van der Waals surface area contributed by atoms with Crippen LogP contribution in [-0.2, 0) is 14.8 Å². The molecule has 2 aromatic rings. The predicted octanol–water partition coefficient (Wildman–Crippen LogP) is 2.88. The third-order valence-electron chi connectivity index (χ3n) is 3.51. The zero-order valence-corrected chi connectivity index (χ0v) is 14.9. The molecule has 5 nitrogen and oxygen atoms in total. The molecule has 128 valence electrons. The summed E-state index contributed by atoms with van der Waals surface area (Å²) in [6.07, 6.45) is 0. The Morgan fingerprint density at radius 1 is 1.00 bits per heavy atom. The van der Waals surface area contributed by atoms with Gasteiger partial charge in [-0.25, -0.2) is 8.42 Å². The molecule has 2 rings (SSSR count). The summed E-state index contributed by atoms with van der Waals surface area (Å²) in [6.45, 7) is 3.34. The summed E-state index contributed by atoms with van der Waals surface area (Å²) < 4.78 is 26.9. The lowest BCUT2D eigenvalue weighted by atomic mass is 10.1. The standard InChI is InChI=1S/C17H19ClN2O3S/c1-12(14-6-4-3-5-7-14)19-17(21)13(2)20-24(22,23)16-10-8-15(18)9-11-16/h3-13,20H,1-2H3,(H,19,21)/t12-,13-/m1/s1. The molecule has 0 radical (unpaired) electrons. The number of halogens is 1. The maximum Gasteiger partial charge on any atom is 0.241 e. The van der Waals surface area contributed by atoms with Gasteiger partial charge in [0.15, 0.2) is 0 Å². The number of carbonyl (C=O) groups excluding carboxylic acids is 1.